The van der Waals surface area contributed by atoms with Crippen LogP contribution in [0.1, 0.15) is 5.89 Å². The van der Waals surface area contributed by atoms with Crippen molar-refractivity contribution in [1.82, 2.24) is 15.5 Å². The largest absolute Gasteiger partial charge is 0.419 e. The zero-order valence-electron chi connectivity index (χ0n) is 10.9. The number of rotatable bonds is 7. The fourth-order valence-electron chi connectivity index (χ4n) is 1.60. The fourth-order valence-corrected chi connectivity index (χ4v) is 1.60. The minimum absolute atomic E-state index is 0.140. The van der Waals surface area contributed by atoms with Crippen molar-refractivity contribution in [3.8, 4) is 11.5 Å². The van der Waals surface area contributed by atoms with E-state index in [0.29, 0.717) is 11.8 Å². The van der Waals surface area contributed by atoms with Gasteiger partial charge in [-0.25, -0.2) is 0 Å². The van der Waals surface area contributed by atoms with E-state index < -0.39 is 25.4 Å². The summed E-state index contributed by atoms with van der Waals surface area (Å²) in [6.07, 6.45) is 0. The average Bonchev–Trinajstić information content (AvgIpc) is 2.99. The Hall–Kier alpha value is -1.80. The Labute approximate surface area is 115 Å². The number of nitrogens with zero attached hydrogens (tertiary/aromatic N) is 2. The molecule has 108 valence electrons. The highest BCUT2D eigenvalue weighted by molar-refractivity contribution is 5.51. The van der Waals surface area contributed by atoms with Crippen LogP contribution >= 0.6 is 0 Å². The van der Waals surface area contributed by atoms with Crippen LogP contribution in [0, 0.1) is 0 Å². The molecule has 2 aromatic rings. The molecule has 1 aromatic carbocycles. The normalized spacial score (nSPS) is 11.8. The van der Waals surface area contributed by atoms with Crippen LogP contribution in [0.25, 0.3) is 11.5 Å². The predicted octanol–water partition coefficient (Wildman–Crippen LogP) is -0.458. The Morgan fingerprint density at radius 1 is 1.00 bits per heavy atom. The lowest BCUT2D eigenvalue weighted by Gasteiger charge is -2.27. The molecule has 0 amide bonds. The summed E-state index contributed by atoms with van der Waals surface area (Å²) in [5.41, 5.74) is -0.356. The standard InChI is InChI=1S/C13H17N3O4/c17-7-13(8-18,9-19)14-6-11-15-16-12(20-11)10-4-2-1-3-5-10/h1-5,14,17-19H,6-9H2. The van der Waals surface area contributed by atoms with Gasteiger partial charge in [-0.1, -0.05) is 18.2 Å². The second kappa shape index (κ2) is 6.58. The fraction of sp³-hybridized carbons (Fsp3) is 0.385. The molecular formula is C13H17N3O4. The van der Waals surface area contributed by atoms with Crippen molar-refractivity contribution in [2.45, 2.75) is 12.1 Å². The molecule has 0 atom stereocenters. The molecule has 0 aliphatic carbocycles. The Morgan fingerprint density at radius 3 is 2.25 bits per heavy atom. The number of hydrogen-bond donors (Lipinski definition) is 4. The summed E-state index contributed by atoms with van der Waals surface area (Å²) in [5, 5.41) is 38.2. The highest BCUT2D eigenvalue weighted by atomic mass is 16.4. The van der Waals surface area contributed by atoms with E-state index in [2.05, 4.69) is 15.5 Å². The van der Waals surface area contributed by atoms with Crippen molar-refractivity contribution in [3.05, 3.63) is 36.2 Å². The zero-order chi connectivity index (χ0) is 14.4. The third-order valence-corrected chi connectivity index (χ3v) is 3.01. The highest BCUT2D eigenvalue weighted by Gasteiger charge is 2.27. The van der Waals surface area contributed by atoms with Crippen molar-refractivity contribution >= 4 is 0 Å². The van der Waals surface area contributed by atoms with E-state index in [0.717, 1.165) is 5.56 Å². The molecule has 0 spiro atoms. The Bertz CT molecular complexity index is 517. The molecule has 0 aliphatic heterocycles. The second-order valence-electron chi connectivity index (χ2n) is 4.48. The lowest BCUT2D eigenvalue weighted by molar-refractivity contribution is 0.0399. The minimum atomic E-state index is -1.17. The summed E-state index contributed by atoms with van der Waals surface area (Å²) in [5.74, 6) is 0.702. The van der Waals surface area contributed by atoms with Gasteiger partial charge in [0.2, 0.25) is 11.8 Å². The van der Waals surface area contributed by atoms with Gasteiger partial charge in [0.25, 0.3) is 0 Å². The van der Waals surface area contributed by atoms with Crippen molar-refractivity contribution in [2.24, 2.45) is 0 Å². The van der Waals surface area contributed by atoms with E-state index in [1.807, 2.05) is 30.3 Å². The molecule has 7 heteroatoms. The quantitative estimate of drug-likeness (QED) is 0.542. The van der Waals surface area contributed by atoms with E-state index in [1.165, 1.54) is 0 Å². The van der Waals surface area contributed by atoms with Crippen LogP contribution in [0.2, 0.25) is 0 Å². The number of aliphatic hydroxyl groups is 3. The van der Waals surface area contributed by atoms with Crippen molar-refractivity contribution < 1.29 is 19.7 Å². The molecule has 0 bridgehead atoms. The molecule has 2 rings (SSSR count). The SMILES string of the molecule is OCC(CO)(CO)NCc1nnc(-c2ccccc2)o1. The molecule has 0 unspecified atom stereocenters. The Morgan fingerprint density at radius 2 is 1.65 bits per heavy atom. The molecule has 1 heterocycles. The number of benzene rings is 1. The zero-order valence-corrected chi connectivity index (χ0v) is 10.9. The maximum absolute atomic E-state index is 9.19. The minimum Gasteiger partial charge on any atom is -0.419 e. The lowest BCUT2D eigenvalue weighted by atomic mass is 10.0. The second-order valence-corrected chi connectivity index (χ2v) is 4.48. The van der Waals surface area contributed by atoms with Gasteiger partial charge in [-0.3, -0.25) is 5.32 Å². The molecule has 4 N–H and O–H groups in total. The molecular weight excluding hydrogens is 262 g/mol. The monoisotopic (exact) mass is 279 g/mol. The number of aromatic nitrogens is 2. The van der Waals surface area contributed by atoms with Crippen LogP contribution < -0.4 is 5.32 Å². The topological polar surface area (TPSA) is 112 Å². The Balaban J connectivity index is 2.03. The molecule has 20 heavy (non-hydrogen) atoms. The predicted molar refractivity (Wildman–Crippen MR) is 70.6 cm³/mol. The molecule has 7 nitrogen and oxygen atoms in total. The molecule has 0 saturated carbocycles. The van der Waals surface area contributed by atoms with Crippen LogP contribution in [0.4, 0.5) is 0 Å². The highest BCUT2D eigenvalue weighted by Crippen LogP contribution is 2.17. The third-order valence-electron chi connectivity index (χ3n) is 3.01. The van der Waals surface area contributed by atoms with Crippen molar-refractivity contribution in [2.75, 3.05) is 19.8 Å². The molecule has 0 radical (unpaired) electrons. The lowest BCUT2D eigenvalue weighted by Crippen LogP contribution is -2.54. The number of aliphatic hydroxyl groups excluding tert-OH is 3. The van der Waals surface area contributed by atoms with E-state index >= 15 is 0 Å². The van der Waals surface area contributed by atoms with E-state index in [1.54, 1.807) is 0 Å². The van der Waals surface area contributed by atoms with Gasteiger partial charge in [0, 0.05) is 5.56 Å². The van der Waals surface area contributed by atoms with E-state index in [4.69, 9.17) is 4.42 Å². The first-order valence-electron chi connectivity index (χ1n) is 6.18. The van der Waals surface area contributed by atoms with E-state index in [9.17, 15) is 15.3 Å². The maximum atomic E-state index is 9.19. The maximum Gasteiger partial charge on any atom is 0.247 e. The van der Waals surface area contributed by atoms with Crippen molar-refractivity contribution in [1.29, 1.82) is 0 Å². The van der Waals surface area contributed by atoms with Gasteiger partial charge >= 0.3 is 0 Å². The van der Waals surface area contributed by atoms with Gasteiger partial charge in [-0.15, -0.1) is 10.2 Å². The average molecular weight is 279 g/mol. The van der Waals surface area contributed by atoms with E-state index in [-0.39, 0.29) is 6.54 Å². The van der Waals surface area contributed by atoms with Gasteiger partial charge in [0.15, 0.2) is 0 Å². The van der Waals surface area contributed by atoms with Crippen LogP contribution in [0.15, 0.2) is 34.7 Å². The van der Waals surface area contributed by atoms with Gasteiger partial charge in [0.1, 0.15) is 0 Å². The summed E-state index contributed by atoms with van der Waals surface area (Å²) in [6.45, 7) is -1.07. The molecule has 1 aromatic heterocycles. The van der Waals surface area contributed by atoms with Crippen molar-refractivity contribution in [3.63, 3.8) is 0 Å². The summed E-state index contributed by atoms with van der Waals surface area (Å²) in [6, 6.07) is 9.33. The first kappa shape index (κ1) is 14.6. The van der Waals surface area contributed by atoms with Crippen LogP contribution in [-0.4, -0.2) is 50.9 Å². The summed E-state index contributed by atoms with van der Waals surface area (Å²) < 4.78 is 5.47. The van der Waals surface area contributed by atoms with Gasteiger partial charge in [0.05, 0.1) is 31.9 Å². The van der Waals surface area contributed by atoms with Gasteiger partial charge in [-0.05, 0) is 12.1 Å². The third kappa shape index (κ3) is 3.20. The van der Waals surface area contributed by atoms with Crippen LogP contribution in [0.5, 0.6) is 0 Å². The summed E-state index contributed by atoms with van der Waals surface area (Å²) >= 11 is 0. The molecule has 0 aliphatic rings. The van der Waals surface area contributed by atoms with Gasteiger partial charge < -0.3 is 19.7 Å². The van der Waals surface area contributed by atoms with Gasteiger partial charge in [-0.2, -0.15) is 0 Å². The molecule has 0 fully saturated rings. The smallest absolute Gasteiger partial charge is 0.247 e. The van der Waals surface area contributed by atoms with Crippen LogP contribution in [-0.2, 0) is 6.54 Å². The Kier molecular flexibility index (Phi) is 4.80. The first-order chi connectivity index (χ1) is 9.73. The van der Waals surface area contributed by atoms with Crippen LogP contribution in [0.3, 0.4) is 0 Å². The molecule has 0 saturated heterocycles. The summed E-state index contributed by atoms with van der Waals surface area (Å²) in [4.78, 5) is 0. The number of hydrogen-bond acceptors (Lipinski definition) is 7. The first-order valence-corrected chi connectivity index (χ1v) is 6.18. The number of nitrogens with one attached hydrogen (secondary N) is 1. The summed E-state index contributed by atoms with van der Waals surface area (Å²) in [7, 11) is 0.